The molecule has 1 rings (SSSR count). The Labute approximate surface area is 125 Å². The third-order valence-electron chi connectivity index (χ3n) is 3.04. The van der Waals surface area contributed by atoms with Crippen LogP contribution in [-0.2, 0) is 19.7 Å². The van der Waals surface area contributed by atoms with E-state index in [0.717, 1.165) is 4.47 Å². The molecule has 1 aromatic carbocycles. The highest BCUT2D eigenvalue weighted by Gasteiger charge is 2.48. The average molecular weight is 345 g/mol. The standard InChI is InChI=1S/C14H17BrO5/c1-2-20-13(19)14(12(17)18,8-3-9-16)10-4-6-11(15)7-5-10/h4-7,16H,2-3,8-9H2,1H3,(H,17,18). The van der Waals surface area contributed by atoms with Gasteiger partial charge in [0.05, 0.1) is 6.61 Å². The second kappa shape index (κ2) is 7.40. The molecule has 0 bridgehead atoms. The van der Waals surface area contributed by atoms with E-state index in [1.807, 2.05) is 0 Å². The molecule has 0 aliphatic rings. The highest BCUT2D eigenvalue weighted by Crippen LogP contribution is 2.32. The smallest absolute Gasteiger partial charge is 0.328 e. The maximum absolute atomic E-state index is 12.2. The lowest BCUT2D eigenvalue weighted by molar-refractivity contribution is -0.162. The number of halogens is 1. The normalized spacial score (nSPS) is 13.6. The number of carbonyl (C=O) groups is 2. The summed E-state index contributed by atoms with van der Waals surface area (Å²) in [6.45, 7) is 1.53. The van der Waals surface area contributed by atoms with Gasteiger partial charge in [-0.15, -0.1) is 0 Å². The van der Waals surface area contributed by atoms with Gasteiger partial charge < -0.3 is 14.9 Å². The SMILES string of the molecule is CCOC(=O)C(CCCO)(C(=O)O)c1ccc(Br)cc1. The first kappa shape index (κ1) is 16.7. The molecule has 5 nitrogen and oxygen atoms in total. The summed E-state index contributed by atoms with van der Waals surface area (Å²) in [6.07, 6.45) is 0.181. The van der Waals surface area contributed by atoms with E-state index in [1.54, 1.807) is 31.2 Å². The second-order valence-corrected chi connectivity index (χ2v) is 5.18. The highest BCUT2D eigenvalue weighted by atomic mass is 79.9. The average Bonchev–Trinajstić information content (AvgIpc) is 2.41. The van der Waals surface area contributed by atoms with Crippen molar-refractivity contribution in [2.24, 2.45) is 0 Å². The number of benzene rings is 1. The summed E-state index contributed by atoms with van der Waals surface area (Å²) in [4.78, 5) is 23.9. The summed E-state index contributed by atoms with van der Waals surface area (Å²) >= 11 is 3.27. The molecule has 6 heteroatoms. The highest BCUT2D eigenvalue weighted by molar-refractivity contribution is 9.10. The number of carboxylic acids is 1. The molecule has 1 atom stereocenters. The number of rotatable bonds is 7. The van der Waals surface area contributed by atoms with Gasteiger partial charge in [-0.25, -0.2) is 0 Å². The zero-order valence-corrected chi connectivity index (χ0v) is 12.7. The molecular weight excluding hydrogens is 328 g/mol. The molecule has 2 N–H and O–H groups in total. The molecule has 0 fully saturated rings. The third kappa shape index (κ3) is 3.37. The molecule has 0 heterocycles. The van der Waals surface area contributed by atoms with Gasteiger partial charge >= 0.3 is 11.9 Å². The summed E-state index contributed by atoms with van der Waals surface area (Å²) < 4.78 is 5.72. The Morgan fingerprint density at radius 3 is 2.35 bits per heavy atom. The minimum Gasteiger partial charge on any atom is -0.480 e. The van der Waals surface area contributed by atoms with Crippen LogP contribution in [0.1, 0.15) is 25.3 Å². The molecule has 110 valence electrons. The lowest BCUT2D eigenvalue weighted by Crippen LogP contribution is -2.45. The summed E-state index contributed by atoms with van der Waals surface area (Å²) in [7, 11) is 0. The minimum absolute atomic E-state index is 0.0146. The van der Waals surface area contributed by atoms with E-state index in [1.165, 1.54) is 0 Å². The zero-order chi connectivity index (χ0) is 15.2. The van der Waals surface area contributed by atoms with Gasteiger partial charge in [-0.2, -0.15) is 0 Å². The van der Waals surface area contributed by atoms with Crippen LogP contribution in [0.4, 0.5) is 0 Å². The Hall–Kier alpha value is -1.40. The fourth-order valence-electron chi connectivity index (χ4n) is 2.01. The van der Waals surface area contributed by atoms with Crippen LogP contribution in [0.3, 0.4) is 0 Å². The van der Waals surface area contributed by atoms with Crippen molar-refractivity contribution < 1.29 is 24.5 Å². The molecule has 0 spiro atoms. The van der Waals surface area contributed by atoms with Crippen molar-refractivity contribution >= 4 is 27.9 Å². The largest absolute Gasteiger partial charge is 0.480 e. The van der Waals surface area contributed by atoms with Gasteiger partial charge in [0.2, 0.25) is 0 Å². The zero-order valence-electron chi connectivity index (χ0n) is 11.1. The summed E-state index contributed by atoms with van der Waals surface area (Å²) in [5.41, 5.74) is -1.43. The van der Waals surface area contributed by atoms with Crippen LogP contribution in [0, 0.1) is 0 Å². The van der Waals surface area contributed by atoms with Crippen LogP contribution in [0.2, 0.25) is 0 Å². The van der Waals surface area contributed by atoms with E-state index in [9.17, 15) is 14.7 Å². The molecular formula is C14H17BrO5. The number of ether oxygens (including phenoxy) is 1. The minimum atomic E-state index is -1.78. The number of hydrogen-bond donors (Lipinski definition) is 2. The Bertz CT molecular complexity index is 471. The molecule has 1 aromatic rings. The lowest BCUT2D eigenvalue weighted by Gasteiger charge is -2.27. The van der Waals surface area contributed by atoms with Crippen LogP contribution < -0.4 is 0 Å². The first-order valence-electron chi connectivity index (χ1n) is 6.26. The first-order valence-corrected chi connectivity index (χ1v) is 7.05. The molecule has 1 unspecified atom stereocenters. The lowest BCUT2D eigenvalue weighted by atomic mass is 9.76. The molecule has 0 aliphatic carbocycles. The fourth-order valence-corrected chi connectivity index (χ4v) is 2.28. The van der Waals surface area contributed by atoms with Gasteiger partial charge in [0.25, 0.3) is 0 Å². The van der Waals surface area contributed by atoms with E-state index in [2.05, 4.69) is 15.9 Å². The predicted molar refractivity (Wildman–Crippen MR) is 76.4 cm³/mol. The van der Waals surface area contributed by atoms with Gasteiger partial charge in [-0.1, -0.05) is 28.1 Å². The Morgan fingerprint density at radius 1 is 1.30 bits per heavy atom. The Kier molecular flexibility index (Phi) is 6.16. The quantitative estimate of drug-likeness (QED) is 0.584. The number of carbonyl (C=O) groups excluding carboxylic acids is 1. The number of aliphatic hydroxyl groups is 1. The van der Waals surface area contributed by atoms with Gasteiger partial charge in [-0.3, -0.25) is 9.59 Å². The summed E-state index contributed by atoms with van der Waals surface area (Å²) in [6, 6.07) is 6.50. The van der Waals surface area contributed by atoms with Crippen LogP contribution in [0.25, 0.3) is 0 Å². The molecule has 20 heavy (non-hydrogen) atoms. The number of esters is 1. The van der Waals surface area contributed by atoms with Crippen LogP contribution in [0.5, 0.6) is 0 Å². The van der Waals surface area contributed by atoms with Gasteiger partial charge in [0, 0.05) is 11.1 Å². The van der Waals surface area contributed by atoms with Crippen molar-refractivity contribution in [3.63, 3.8) is 0 Å². The number of aliphatic hydroxyl groups excluding tert-OH is 1. The molecule has 0 saturated heterocycles. The van der Waals surface area contributed by atoms with Crippen molar-refractivity contribution in [2.45, 2.75) is 25.2 Å². The molecule has 0 amide bonds. The third-order valence-corrected chi connectivity index (χ3v) is 3.56. The van der Waals surface area contributed by atoms with E-state index in [0.29, 0.717) is 5.56 Å². The molecule has 0 aromatic heterocycles. The summed E-state index contributed by atoms with van der Waals surface area (Å²) in [5, 5.41) is 18.5. The van der Waals surface area contributed by atoms with Crippen molar-refractivity contribution in [3.05, 3.63) is 34.3 Å². The number of aliphatic carboxylic acids is 1. The number of hydrogen-bond acceptors (Lipinski definition) is 4. The Morgan fingerprint density at radius 2 is 1.90 bits per heavy atom. The van der Waals surface area contributed by atoms with E-state index < -0.39 is 17.4 Å². The predicted octanol–water partition coefficient (Wildman–Crippen LogP) is 2.11. The van der Waals surface area contributed by atoms with Gasteiger partial charge in [0.1, 0.15) is 0 Å². The van der Waals surface area contributed by atoms with Crippen LogP contribution in [0.15, 0.2) is 28.7 Å². The van der Waals surface area contributed by atoms with Crippen LogP contribution in [-0.4, -0.2) is 35.4 Å². The van der Waals surface area contributed by atoms with Crippen molar-refractivity contribution in [2.75, 3.05) is 13.2 Å². The Balaban J connectivity index is 3.31. The molecule has 0 aliphatic heterocycles. The maximum atomic E-state index is 12.2. The van der Waals surface area contributed by atoms with Crippen molar-refractivity contribution in [1.29, 1.82) is 0 Å². The number of carboxylic acid groups (broad SMARTS) is 1. The van der Waals surface area contributed by atoms with Crippen LogP contribution >= 0.6 is 15.9 Å². The topological polar surface area (TPSA) is 83.8 Å². The van der Waals surface area contributed by atoms with Crippen molar-refractivity contribution in [3.8, 4) is 0 Å². The first-order chi connectivity index (χ1) is 9.48. The van der Waals surface area contributed by atoms with Gasteiger partial charge in [0.15, 0.2) is 5.41 Å². The monoisotopic (exact) mass is 344 g/mol. The van der Waals surface area contributed by atoms with Crippen molar-refractivity contribution in [1.82, 2.24) is 0 Å². The van der Waals surface area contributed by atoms with E-state index in [-0.39, 0.29) is 26.1 Å². The van der Waals surface area contributed by atoms with E-state index in [4.69, 9.17) is 9.84 Å². The maximum Gasteiger partial charge on any atom is 0.328 e. The molecule has 0 saturated carbocycles. The van der Waals surface area contributed by atoms with E-state index >= 15 is 0 Å². The molecule has 0 radical (unpaired) electrons. The van der Waals surface area contributed by atoms with Gasteiger partial charge in [-0.05, 0) is 37.5 Å². The second-order valence-electron chi connectivity index (χ2n) is 4.27. The summed E-state index contributed by atoms with van der Waals surface area (Å²) in [5.74, 6) is -2.07. The fraction of sp³-hybridized carbons (Fsp3) is 0.429.